The Bertz CT molecular complexity index is 289. The summed E-state index contributed by atoms with van der Waals surface area (Å²) in [5.74, 6) is 0. The van der Waals surface area contributed by atoms with Gasteiger partial charge in [-0.1, -0.05) is 12.2 Å². The van der Waals surface area contributed by atoms with E-state index in [1.54, 1.807) is 18.4 Å². The Hall–Kier alpha value is -0.930. The van der Waals surface area contributed by atoms with Gasteiger partial charge in [0.25, 0.3) is 0 Å². The van der Waals surface area contributed by atoms with Gasteiger partial charge >= 0.3 is 0 Å². The first-order valence-corrected chi connectivity index (χ1v) is 4.91. The molecule has 0 bridgehead atoms. The highest BCUT2D eigenvalue weighted by Crippen LogP contribution is 2.16. The molecule has 0 radical (unpaired) electrons. The predicted octanol–water partition coefficient (Wildman–Crippen LogP) is 2.50. The summed E-state index contributed by atoms with van der Waals surface area (Å²) in [4.78, 5) is 11.2. The third-order valence-corrected chi connectivity index (χ3v) is 2.43. The minimum absolute atomic E-state index is 0.482. The molecular formula is C10H12O2S. The van der Waals surface area contributed by atoms with Crippen LogP contribution < -0.4 is 0 Å². The molecule has 0 spiro atoms. The molecule has 0 aliphatic heterocycles. The van der Waals surface area contributed by atoms with Crippen molar-refractivity contribution in [3.8, 4) is 0 Å². The lowest BCUT2D eigenvalue weighted by Crippen LogP contribution is -1.80. The fourth-order valence-corrected chi connectivity index (χ4v) is 1.79. The number of aldehydes is 1. The highest BCUT2D eigenvalue weighted by molar-refractivity contribution is 7.10. The van der Waals surface area contributed by atoms with Gasteiger partial charge in [-0.25, -0.2) is 0 Å². The average molecular weight is 196 g/mol. The first-order valence-electron chi connectivity index (χ1n) is 4.03. The normalized spacial score (nSPS) is 10.8. The quantitative estimate of drug-likeness (QED) is 0.676. The Morgan fingerprint density at radius 3 is 3.15 bits per heavy atom. The number of allylic oxidation sites excluding steroid dienone is 1. The van der Waals surface area contributed by atoms with E-state index in [2.05, 4.69) is 11.4 Å². The standard InChI is InChI=1S/C10H12O2S/c1-12-7-10-6-9(8-13-10)4-2-3-5-11/h2,4-6,8H,3,7H2,1H3. The first kappa shape index (κ1) is 10.2. The van der Waals surface area contributed by atoms with Gasteiger partial charge in [-0.2, -0.15) is 0 Å². The molecule has 0 amide bonds. The molecule has 0 fully saturated rings. The van der Waals surface area contributed by atoms with Gasteiger partial charge in [0.2, 0.25) is 0 Å². The minimum Gasteiger partial charge on any atom is -0.379 e. The van der Waals surface area contributed by atoms with E-state index in [1.165, 1.54) is 4.88 Å². The van der Waals surface area contributed by atoms with Crippen molar-refractivity contribution >= 4 is 23.7 Å². The second-order valence-electron chi connectivity index (χ2n) is 2.58. The summed E-state index contributed by atoms with van der Waals surface area (Å²) in [5.41, 5.74) is 1.14. The Kier molecular flexibility index (Phi) is 4.43. The summed E-state index contributed by atoms with van der Waals surface area (Å²) in [6, 6.07) is 2.06. The number of methoxy groups -OCH3 is 1. The molecule has 1 aromatic rings. The first-order chi connectivity index (χ1) is 6.36. The molecule has 2 nitrogen and oxygen atoms in total. The van der Waals surface area contributed by atoms with Crippen LogP contribution in [0.1, 0.15) is 16.9 Å². The number of carbonyl (C=O) groups excluding carboxylic acids is 1. The fraction of sp³-hybridized carbons (Fsp3) is 0.300. The van der Waals surface area contributed by atoms with Crippen LogP contribution in [-0.4, -0.2) is 13.4 Å². The van der Waals surface area contributed by atoms with Crippen LogP contribution >= 0.6 is 11.3 Å². The number of hydrogen-bond acceptors (Lipinski definition) is 3. The molecule has 0 aromatic carbocycles. The van der Waals surface area contributed by atoms with Gasteiger partial charge in [-0.3, -0.25) is 0 Å². The molecule has 1 aromatic heterocycles. The molecule has 1 heterocycles. The number of ether oxygens (including phenoxy) is 1. The third-order valence-electron chi connectivity index (χ3n) is 1.50. The van der Waals surface area contributed by atoms with E-state index >= 15 is 0 Å². The molecule has 0 saturated heterocycles. The van der Waals surface area contributed by atoms with Crippen LogP contribution in [0.15, 0.2) is 17.5 Å². The molecule has 0 aliphatic rings. The zero-order valence-corrected chi connectivity index (χ0v) is 8.34. The van der Waals surface area contributed by atoms with Crippen molar-refractivity contribution in [1.29, 1.82) is 0 Å². The zero-order chi connectivity index (χ0) is 9.52. The smallest absolute Gasteiger partial charge is 0.123 e. The molecular weight excluding hydrogens is 184 g/mol. The van der Waals surface area contributed by atoms with Crippen molar-refractivity contribution in [2.24, 2.45) is 0 Å². The molecule has 0 aliphatic carbocycles. The summed E-state index contributed by atoms with van der Waals surface area (Å²) >= 11 is 1.67. The average Bonchev–Trinajstić information content (AvgIpc) is 2.54. The van der Waals surface area contributed by atoms with Gasteiger partial charge in [0.1, 0.15) is 6.29 Å². The lowest BCUT2D eigenvalue weighted by molar-refractivity contribution is -0.107. The zero-order valence-electron chi connectivity index (χ0n) is 7.53. The van der Waals surface area contributed by atoms with Crippen LogP contribution in [-0.2, 0) is 16.1 Å². The van der Waals surface area contributed by atoms with Gasteiger partial charge in [-0.15, -0.1) is 11.3 Å². The van der Waals surface area contributed by atoms with E-state index in [4.69, 9.17) is 4.74 Å². The molecule has 70 valence electrons. The predicted molar refractivity (Wildman–Crippen MR) is 54.7 cm³/mol. The molecule has 1 rings (SSSR count). The van der Waals surface area contributed by atoms with Crippen molar-refractivity contribution in [1.82, 2.24) is 0 Å². The largest absolute Gasteiger partial charge is 0.379 e. The lowest BCUT2D eigenvalue weighted by atomic mass is 10.2. The van der Waals surface area contributed by atoms with Crippen LogP contribution in [0.3, 0.4) is 0 Å². The van der Waals surface area contributed by atoms with Crippen LogP contribution in [0.4, 0.5) is 0 Å². The minimum atomic E-state index is 0.482. The molecule has 0 saturated carbocycles. The molecule has 3 heteroatoms. The molecule has 13 heavy (non-hydrogen) atoms. The lowest BCUT2D eigenvalue weighted by Gasteiger charge is -1.90. The summed E-state index contributed by atoms with van der Waals surface area (Å²) in [6.45, 7) is 0.659. The topological polar surface area (TPSA) is 26.3 Å². The maximum absolute atomic E-state index is 10.0. The van der Waals surface area contributed by atoms with Crippen LogP contribution in [0.5, 0.6) is 0 Å². The maximum Gasteiger partial charge on any atom is 0.123 e. The second kappa shape index (κ2) is 5.67. The highest BCUT2D eigenvalue weighted by Gasteiger charge is 1.95. The summed E-state index contributed by atoms with van der Waals surface area (Å²) in [6.07, 6.45) is 5.17. The Labute approximate surface area is 81.8 Å². The van der Waals surface area contributed by atoms with E-state index in [-0.39, 0.29) is 0 Å². The maximum atomic E-state index is 10.0. The Balaban J connectivity index is 2.52. The Morgan fingerprint density at radius 2 is 2.46 bits per heavy atom. The second-order valence-corrected chi connectivity index (χ2v) is 3.58. The summed E-state index contributed by atoms with van der Waals surface area (Å²) in [7, 11) is 1.68. The van der Waals surface area contributed by atoms with Crippen LogP contribution in [0.25, 0.3) is 6.08 Å². The van der Waals surface area contributed by atoms with E-state index in [1.807, 2.05) is 12.2 Å². The SMILES string of the molecule is COCc1cc(C=CCC=O)cs1. The van der Waals surface area contributed by atoms with Gasteiger partial charge in [0, 0.05) is 18.4 Å². The van der Waals surface area contributed by atoms with Crippen LogP contribution in [0.2, 0.25) is 0 Å². The highest BCUT2D eigenvalue weighted by atomic mass is 32.1. The summed E-state index contributed by atoms with van der Waals surface area (Å²) in [5, 5.41) is 2.05. The van der Waals surface area contributed by atoms with E-state index in [9.17, 15) is 4.79 Å². The van der Waals surface area contributed by atoms with Gasteiger partial charge < -0.3 is 9.53 Å². The van der Waals surface area contributed by atoms with E-state index in [0.29, 0.717) is 13.0 Å². The van der Waals surface area contributed by atoms with Crippen molar-refractivity contribution in [3.63, 3.8) is 0 Å². The number of hydrogen-bond donors (Lipinski definition) is 0. The molecule has 0 unspecified atom stereocenters. The van der Waals surface area contributed by atoms with Crippen molar-refractivity contribution in [2.75, 3.05) is 7.11 Å². The monoisotopic (exact) mass is 196 g/mol. The van der Waals surface area contributed by atoms with Crippen molar-refractivity contribution < 1.29 is 9.53 Å². The van der Waals surface area contributed by atoms with Gasteiger partial charge in [0.15, 0.2) is 0 Å². The van der Waals surface area contributed by atoms with Gasteiger partial charge in [0.05, 0.1) is 6.61 Å². The number of thiophene rings is 1. The van der Waals surface area contributed by atoms with Crippen molar-refractivity contribution in [3.05, 3.63) is 28.0 Å². The number of rotatable bonds is 5. The summed E-state index contributed by atoms with van der Waals surface area (Å²) < 4.78 is 5.00. The Morgan fingerprint density at radius 1 is 1.62 bits per heavy atom. The van der Waals surface area contributed by atoms with E-state index in [0.717, 1.165) is 11.8 Å². The van der Waals surface area contributed by atoms with E-state index < -0.39 is 0 Å². The van der Waals surface area contributed by atoms with Crippen molar-refractivity contribution in [2.45, 2.75) is 13.0 Å². The molecule has 0 N–H and O–H groups in total. The van der Waals surface area contributed by atoms with Gasteiger partial charge in [-0.05, 0) is 17.0 Å². The van der Waals surface area contributed by atoms with Crippen LogP contribution in [0, 0.1) is 0 Å². The fourth-order valence-electron chi connectivity index (χ4n) is 0.963. The number of carbonyl (C=O) groups is 1. The molecule has 0 atom stereocenters. The third kappa shape index (κ3) is 3.53.